The van der Waals surface area contributed by atoms with Crippen molar-refractivity contribution < 1.29 is 19.1 Å². The molecule has 9 nitrogen and oxygen atoms in total. The van der Waals surface area contributed by atoms with Crippen LogP contribution < -0.4 is 14.8 Å². The molecule has 1 saturated heterocycles. The molecule has 5 rings (SSSR count). The van der Waals surface area contributed by atoms with Crippen molar-refractivity contribution in [2.75, 3.05) is 52.2 Å². The second kappa shape index (κ2) is 12.6. The second-order valence-electron chi connectivity index (χ2n) is 10.7. The molecule has 1 saturated carbocycles. The highest BCUT2D eigenvalue weighted by molar-refractivity contribution is 6.04. The van der Waals surface area contributed by atoms with Crippen LogP contribution in [0.4, 0.5) is 5.69 Å². The number of hydrazone groups is 1. The van der Waals surface area contributed by atoms with Crippen molar-refractivity contribution in [2.24, 2.45) is 5.10 Å². The summed E-state index contributed by atoms with van der Waals surface area (Å²) in [5, 5.41) is 9.25. The van der Waals surface area contributed by atoms with Crippen molar-refractivity contribution in [3.05, 3.63) is 53.6 Å². The average molecular weight is 534 g/mol. The van der Waals surface area contributed by atoms with Crippen LogP contribution in [-0.2, 0) is 16.1 Å². The summed E-state index contributed by atoms with van der Waals surface area (Å²) in [5.41, 5.74) is 3.51. The van der Waals surface area contributed by atoms with Gasteiger partial charge in [-0.2, -0.15) is 5.10 Å². The molecule has 2 aromatic rings. The lowest BCUT2D eigenvalue weighted by molar-refractivity contribution is -0.132. The number of anilines is 1. The maximum Gasteiger partial charge on any atom is 0.243 e. The Bertz CT molecular complexity index is 1180. The molecule has 2 aromatic carbocycles. The summed E-state index contributed by atoms with van der Waals surface area (Å²) in [7, 11) is 3.75. The lowest BCUT2D eigenvalue weighted by atomic mass is 10.0. The number of ether oxygens (including phenoxy) is 2. The van der Waals surface area contributed by atoms with Gasteiger partial charge in [-0.05, 0) is 68.6 Å². The molecule has 2 fully saturated rings. The van der Waals surface area contributed by atoms with Crippen LogP contribution in [0.3, 0.4) is 0 Å². The molecule has 39 heavy (non-hydrogen) atoms. The van der Waals surface area contributed by atoms with Crippen molar-refractivity contribution >= 4 is 23.2 Å². The van der Waals surface area contributed by atoms with Crippen LogP contribution in [0, 0.1) is 0 Å². The van der Waals surface area contributed by atoms with E-state index in [-0.39, 0.29) is 17.9 Å². The zero-order valence-corrected chi connectivity index (χ0v) is 23.0. The summed E-state index contributed by atoms with van der Waals surface area (Å²) in [6.07, 6.45) is 5.73. The number of amides is 2. The third-order valence-electron chi connectivity index (χ3n) is 7.73. The smallest absolute Gasteiger partial charge is 0.243 e. The first kappa shape index (κ1) is 27.1. The Labute approximate surface area is 230 Å². The van der Waals surface area contributed by atoms with Gasteiger partial charge in [-0.3, -0.25) is 14.5 Å². The first-order valence-electron chi connectivity index (χ1n) is 14.0. The molecule has 1 aliphatic carbocycles. The van der Waals surface area contributed by atoms with Crippen LogP contribution >= 0.6 is 0 Å². The van der Waals surface area contributed by atoms with Crippen LogP contribution in [0.1, 0.15) is 49.7 Å². The Morgan fingerprint density at radius 2 is 1.74 bits per heavy atom. The SMILES string of the molecule is COc1ccc(C2=NN(Cc3ccc(NC(=O)CN4CCN(C)CC4)cc3)C(=O)CC2)cc1OC1CCCC1. The summed E-state index contributed by atoms with van der Waals surface area (Å²) in [6.45, 7) is 4.54. The van der Waals surface area contributed by atoms with Gasteiger partial charge in [0.25, 0.3) is 0 Å². The van der Waals surface area contributed by atoms with Crippen molar-refractivity contribution in [1.29, 1.82) is 0 Å². The number of nitrogens with zero attached hydrogens (tertiary/aromatic N) is 4. The number of likely N-dealkylation sites (N-methyl/N-ethyl adjacent to an activating group) is 1. The molecule has 0 radical (unpaired) electrons. The van der Waals surface area contributed by atoms with Crippen LogP contribution in [-0.4, -0.2) is 85.3 Å². The minimum absolute atomic E-state index is 0.000698. The minimum Gasteiger partial charge on any atom is -0.493 e. The number of rotatable bonds is 9. The first-order chi connectivity index (χ1) is 19.0. The van der Waals surface area contributed by atoms with Crippen molar-refractivity contribution in [1.82, 2.24) is 14.8 Å². The summed E-state index contributed by atoms with van der Waals surface area (Å²) >= 11 is 0. The summed E-state index contributed by atoms with van der Waals surface area (Å²) < 4.78 is 11.8. The number of carbonyl (C=O) groups is 2. The average Bonchev–Trinajstić information content (AvgIpc) is 3.45. The Morgan fingerprint density at radius 1 is 1.00 bits per heavy atom. The van der Waals surface area contributed by atoms with Crippen LogP contribution in [0.25, 0.3) is 0 Å². The molecule has 0 aromatic heterocycles. The van der Waals surface area contributed by atoms with Gasteiger partial charge >= 0.3 is 0 Å². The maximum atomic E-state index is 12.7. The van der Waals surface area contributed by atoms with Crippen molar-refractivity contribution in [2.45, 2.75) is 51.2 Å². The molecule has 0 bridgehead atoms. The number of benzene rings is 2. The minimum atomic E-state index is -0.0106. The molecule has 2 heterocycles. The highest BCUT2D eigenvalue weighted by atomic mass is 16.5. The topological polar surface area (TPSA) is 86.7 Å². The van der Waals surface area contributed by atoms with Gasteiger partial charge in [0, 0.05) is 50.3 Å². The van der Waals surface area contributed by atoms with E-state index in [2.05, 4.69) is 22.2 Å². The molecule has 0 atom stereocenters. The van der Waals surface area contributed by atoms with Gasteiger partial charge in [-0.25, -0.2) is 5.01 Å². The molecule has 9 heteroatoms. The van der Waals surface area contributed by atoms with Crippen LogP contribution in [0.15, 0.2) is 47.6 Å². The van der Waals surface area contributed by atoms with E-state index in [0.717, 1.165) is 67.3 Å². The number of methoxy groups -OCH3 is 1. The van der Waals surface area contributed by atoms with Crippen LogP contribution in [0.2, 0.25) is 0 Å². The van der Waals surface area contributed by atoms with Gasteiger partial charge in [0.15, 0.2) is 11.5 Å². The molecule has 0 spiro atoms. The fourth-order valence-electron chi connectivity index (χ4n) is 5.34. The van der Waals surface area contributed by atoms with E-state index in [1.165, 1.54) is 12.8 Å². The third-order valence-corrected chi connectivity index (χ3v) is 7.73. The Kier molecular flexibility index (Phi) is 8.78. The Morgan fingerprint density at radius 3 is 2.46 bits per heavy atom. The lowest BCUT2D eigenvalue weighted by Gasteiger charge is -2.31. The number of carbonyl (C=O) groups excluding carboxylic acids is 2. The van der Waals surface area contributed by atoms with Gasteiger partial charge in [-0.1, -0.05) is 12.1 Å². The number of hydrogen-bond donors (Lipinski definition) is 1. The summed E-state index contributed by atoms with van der Waals surface area (Å²) in [6, 6.07) is 13.5. The normalized spacial score (nSPS) is 19.2. The zero-order valence-electron chi connectivity index (χ0n) is 23.0. The van der Waals surface area contributed by atoms with Gasteiger partial charge in [-0.15, -0.1) is 0 Å². The highest BCUT2D eigenvalue weighted by Crippen LogP contribution is 2.33. The molecule has 3 aliphatic rings. The molecule has 2 amide bonds. The van der Waals surface area contributed by atoms with E-state index >= 15 is 0 Å². The Balaban J connectivity index is 1.21. The highest BCUT2D eigenvalue weighted by Gasteiger charge is 2.24. The summed E-state index contributed by atoms with van der Waals surface area (Å²) in [4.78, 5) is 29.6. The summed E-state index contributed by atoms with van der Waals surface area (Å²) in [5.74, 6) is 1.44. The van der Waals surface area contributed by atoms with Gasteiger partial charge < -0.3 is 19.7 Å². The standard InChI is InChI=1S/C30H39N5O4/c1-33-15-17-34(18-16-33)21-29(36)31-24-10-7-22(8-11-24)20-35-30(37)14-12-26(32-35)23-9-13-27(38-2)28(19-23)39-25-5-3-4-6-25/h7-11,13,19,25H,3-6,12,14-18,20-21H2,1-2H3,(H,31,36). The van der Waals surface area contributed by atoms with E-state index in [1.807, 2.05) is 42.5 Å². The lowest BCUT2D eigenvalue weighted by Crippen LogP contribution is -2.47. The predicted octanol–water partition coefficient (Wildman–Crippen LogP) is 3.73. The largest absolute Gasteiger partial charge is 0.493 e. The first-order valence-corrected chi connectivity index (χ1v) is 14.0. The predicted molar refractivity (Wildman–Crippen MR) is 151 cm³/mol. The number of piperazine rings is 1. The van der Waals surface area contributed by atoms with Gasteiger partial charge in [0.05, 0.1) is 32.0 Å². The molecule has 208 valence electrons. The van der Waals surface area contributed by atoms with E-state index in [9.17, 15) is 9.59 Å². The molecule has 2 aliphatic heterocycles. The fraction of sp³-hybridized carbons (Fsp3) is 0.500. The monoisotopic (exact) mass is 533 g/mol. The van der Waals surface area contributed by atoms with Gasteiger partial charge in [0.1, 0.15) is 0 Å². The second-order valence-corrected chi connectivity index (χ2v) is 10.7. The molecule has 1 N–H and O–H groups in total. The number of nitrogens with one attached hydrogen (secondary N) is 1. The quantitative estimate of drug-likeness (QED) is 0.529. The van der Waals surface area contributed by atoms with Crippen molar-refractivity contribution in [3.8, 4) is 11.5 Å². The maximum absolute atomic E-state index is 12.7. The van der Waals surface area contributed by atoms with Crippen LogP contribution in [0.5, 0.6) is 11.5 Å². The third kappa shape index (κ3) is 7.16. The number of hydrogen-bond acceptors (Lipinski definition) is 7. The molecular weight excluding hydrogens is 494 g/mol. The van der Waals surface area contributed by atoms with E-state index in [0.29, 0.717) is 31.7 Å². The van der Waals surface area contributed by atoms with E-state index < -0.39 is 0 Å². The van der Waals surface area contributed by atoms with Crippen molar-refractivity contribution in [3.63, 3.8) is 0 Å². The van der Waals surface area contributed by atoms with E-state index in [4.69, 9.17) is 14.6 Å². The fourth-order valence-corrected chi connectivity index (χ4v) is 5.34. The molecule has 0 unspecified atom stereocenters. The van der Waals surface area contributed by atoms with Gasteiger partial charge in [0.2, 0.25) is 11.8 Å². The molecular formula is C30H39N5O4. The van der Waals surface area contributed by atoms with E-state index in [1.54, 1.807) is 12.1 Å². The Hall–Kier alpha value is -3.43. The zero-order chi connectivity index (χ0) is 27.2.